The highest BCUT2D eigenvalue weighted by Gasteiger charge is 2.17. The third kappa shape index (κ3) is 3.72. The van der Waals surface area contributed by atoms with E-state index >= 15 is 0 Å². The molecule has 1 aliphatic heterocycles. The van der Waals surface area contributed by atoms with Gasteiger partial charge in [-0.25, -0.2) is 13.2 Å². The average Bonchev–Trinajstić information content (AvgIpc) is 2.47. The monoisotopic (exact) mass is 286 g/mol. The Morgan fingerprint density at radius 1 is 1.30 bits per heavy atom. The van der Waals surface area contributed by atoms with Gasteiger partial charge >= 0.3 is 0 Å². The number of nitrogens with one attached hydrogen (secondary N) is 2. The van der Waals surface area contributed by atoms with Gasteiger partial charge in [0.25, 0.3) is 0 Å². The van der Waals surface area contributed by atoms with Crippen LogP contribution in [-0.4, -0.2) is 19.0 Å². The summed E-state index contributed by atoms with van der Waals surface area (Å²) in [5.74, 6) is -4.16. The SMILES string of the molecule is O=C(CCC1CCCNC1)Nc1ccc(F)c(F)c1F. The van der Waals surface area contributed by atoms with Gasteiger partial charge in [0, 0.05) is 6.42 Å². The number of benzene rings is 1. The van der Waals surface area contributed by atoms with E-state index in [1.165, 1.54) is 0 Å². The van der Waals surface area contributed by atoms with Crippen molar-refractivity contribution in [1.82, 2.24) is 5.32 Å². The van der Waals surface area contributed by atoms with Gasteiger partial charge in [-0.2, -0.15) is 0 Å². The Bertz CT molecular complexity index is 488. The molecule has 0 aliphatic carbocycles. The quantitative estimate of drug-likeness (QED) is 0.836. The Morgan fingerprint density at radius 3 is 2.80 bits per heavy atom. The molecule has 1 aromatic carbocycles. The Kier molecular flexibility index (Phi) is 5.00. The lowest BCUT2D eigenvalue weighted by molar-refractivity contribution is -0.116. The van der Waals surface area contributed by atoms with Crippen LogP contribution >= 0.6 is 0 Å². The maximum Gasteiger partial charge on any atom is 0.224 e. The molecular weight excluding hydrogens is 269 g/mol. The van der Waals surface area contributed by atoms with Gasteiger partial charge in [0.15, 0.2) is 17.5 Å². The van der Waals surface area contributed by atoms with Crippen molar-refractivity contribution in [3.63, 3.8) is 0 Å². The molecule has 1 saturated heterocycles. The minimum Gasteiger partial charge on any atom is -0.324 e. The van der Waals surface area contributed by atoms with E-state index in [0.29, 0.717) is 12.3 Å². The Balaban J connectivity index is 1.86. The molecule has 1 fully saturated rings. The molecule has 0 spiro atoms. The zero-order chi connectivity index (χ0) is 14.5. The summed E-state index contributed by atoms with van der Waals surface area (Å²) in [4.78, 5) is 11.7. The number of halogens is 3. The van der Waals surface area contributed by atoms with E-state index < -0.39 is 17.5 Å². The number of piperidine rings is 1. The van der Waals surface area contributed by atoms with Crippen molar-refractivity contribution in [2.45, 2.75) is 25.7 Å². The van der Waals surface area contributed by atoms with Gasteiger partial charge in [-0.05, 0) is 50.4 Å². The second-order valence-electron chi connectivity index (χ2n) is 5.02. The largest absolute Gasteiger partial charge is 0.324 e. The molecule has 0 bridgehead atoms. The summed E-state index contributed by atoms with van der Waals surface area (Å²) in [6, 6.07) is 1.81. The van der Waals surface area contributed by atoms with Crippen molar-refractivity contribution in [2.75, 3.05) is 18.4 Å². The predicted octanol–water partition coefficient (Wildman–Crippen LogP) is 2.82. The van der Waals surface area contributed by atoms with Crippen molar-refractivity contribution < 1.29 is 18.0 Å². The molecule has 20 heavy (non-hydrogen) atoms. The van der Waals surface area contributed by atoms with Crippen LogP contribution in [0.25, 0.3) is 0 Å². The van der Waals surface area contributed by atoms with E-state index in [1.807, 2.05) is 0 Å². The minimum absolute atomic E-state index is 0.241. The smallest absolute Gasteiger partial charge is 0.224 e. The normalized spacial score (nSPS) is 18.9. The number of carbonyl (C=O) groups is 1. The summed E-state index contributed by atoms with van der Waals surface area (Å²) >= 11 is 0. The third-order valence-electron chi connectivity index (χ3n) is 3.49. The highest BCUT2D eigenvalue weighted by Crippen LogP contribution is 2.21. The van der Waals surface area contributed by atoms with Gasteiger partial charge in [0.2, 0.25) is 5.91 Å². The lowest BCUT2D eigenvalue weighted by Crippen LogP contribution is -2.30. The van der Waals surface area contributed by atoms with E-state index in [0.717, 1.165) is 38.1 Å². The summed E-state index contributed by atoms with van der Waals surface area (Å²) in [5.41, 5.74) is -0.323. The van der Waals surface area contributed by atoms with Crippen LogP contribution in [0.3, 0.4) is 0 Å². The maximum absolute atomic E-state index is 13.4. The first-order valence-corrected chi connectivity index (χ1v) is 6.72. The van der Waals surface area contributed by atoms with Crippen LogP contribution in [0.5, 0.6) is 0 Å². The molecular formula is C14H17F3N2O. The highest BCUT2D eigenvalue weighted by atomic mass is 19.2. The van der Waals surface area contributed by atoms with Crippen LogP contribution < -0.4 is 10.6 Å². The molecule has 1 atom stereocenters. The summed E-state index contributed by atoms with van der Waals surface area (Å²) < 4.78 is 39.1. The van der Waals surface area contributed by atoms with Crippen LogP contribution in [0.1, 0.15) is 25.7 Å². The van der Waals surface area contributed by atoms with Gasteiger partial charge in [-0.1, -0.05) is 0 Å². The maximum atomic E-state index is 13.4. The fourth-order valence-electron chi connectivity index (χ4n) is 2.34. The molecule has 6 heteroatoms. The lowest BCUT2D eigenvalue weighted by atomic mass is 9.94. The molecule has 3 nitrogen and oxygen atoms in total. The molecule has 110 valence electrons. The molecule has 0 radical (unpaired) electrons. The Hall–Kier alpha value is -1.56. The zero-order valence-corrected chi connectivity index (χ0v) is 11.0. The number of anilines is 1. The van der Waals surface area contributed by atoms with E-state index in [9.17, 15) is 18.0 Å². The van der Waals surface area contributed by atoms with Gasteiger partial charge in [0.05, 0.1) is 5.69 Å². The number of hydrogen-bond acceptors (Lipinski definition) is 2. The number of amides is 1. The van der Waals surface area contributed by atoms with Crippen molar-refractivity contribution in [3.05, 3.63) is 29.6 Å². The standard InChI is InChI=1S/C14H17F3N2O/c15-10-4-5-11(14(17)13(10)16)19-12(20)6-3-9-2-1-7-18-8-9/h4-5,9,18H,1-3,6-8H2,(H,19,20). The van der Waals surface area contributed by atoms with Crippen molar-refractivity contribution in [3.8, 4) is 0 Å². The Morgan fingerprint density at radius 2 is 2.10 bits per heavy atom. The Labute approximate surface area is 115 Å². The molecule has 1 unspecified atom stereocenters. The molecule has 2 N–H and O–H groups in total. The summed E-state index contributed by atoms with van der Waals surface area (Å²) in [7, 11) is 0. The molecule has 0 aromatic heterocycles. The minimum atomic E-state index is -1.57. The summed E-state index contributed by atoms with van der Waals surface area (Å²) in [6.45, 7) is 1.88. The molecule has 1 amide bonds. The molecule has 1 aromatic rings. The van der Waals surface area contributed by atoms with E-state index in [4.69, 9.17) is 0 Å². The van der Waals surface area contributed by atoms with Crippen LogP contribution in [0.2, 0.25) is 0 Å². The predicted molar refractivity (Wildman–Crippen MR) is 69.8 cm³/mol. The van der Waals surface area contributed by atoms with Gasteiger partial charge in [-0.15, -0.1) is 0 Å². The molecule has 1 aliphatic rings. The third-order valence-corrected chi connectivity index (χ3v) is 3.49. The van der Waals surface area contributed by atoms with Crippen LogP contribution in [0.15, 0.2) is 12.1 Å². The van der Waals surface area contributed by atoms with Gasteiger partial charge < -0.3 is 10.6 Å². The molecule has 1 heterocycles. The molecule has 0 saturated carbocycles. The van der Waals surface area contributed by atoms with Crippen molar-refractivity contribution in [2.24, 2.45) is 5.92 Å². The van der Waals surface area contributed by atoms with Crippen LogP contribution in [-0.2, 0) is 4.79 Å². The number of rotatable bonds is 4. The topological polar surface area (TPSA) is 41.1 Å². The summed E-state index contributed by atoms with van der Waals surface area (Å²) in [5, 5.41) is 5.52. The van der Waals surface area contributed by atoms with Crippen LogP contribution in [0, 0.1) is 23.4 Å². The first-order chi connectivity index (χ1) is 9.58. The average molecular weight is 286 g/mol. The second-order valence-corrected chi connectivity index (χ2v) is 5.02. The van der Waals surface area contributed by atoms with Crippen LogP contribution in [0.4, 0.5) is 18.9 Å². The number of hydrogen-bond donors (Lipinski definition) is 2. The number of carbonyl (C=O) groups excluding carboxylic acids is 1. The first kappa shape index (κ1) is 14.8. The highest BCUT2D eigenvalue weighted by molar-refractivity contribution is 5.90. The first-order valence-electron chi connectivity index (χ1n) is 6.72. The van der Waals surface area contributed by atoms with E-state index in [2.05, 4.69) is 10.6 Å². The fourth-order valence-corrected chi connectivity index (χ4v) is 2.34. The van der Waals surface area contributed by atoms with E-state index in [1.54, 1.807) is 0 Å². The van der Waals surface area contributed by atoms with Crippen molar-refractivity contribution in [1.29, 1.82) is 0 Å². The second kappa shape index (κ2) is 6.74. The van der Waals surface area contributed by atoms with Gasteiger partial charge in [0.1, 0.15) is 0 Å². The van der Waals surface area contributed by atoms with E-state index in [-0.39, 0.29) is 18.0 Å². The van der Waals surface area contributed by atoms with Crippen molar-refractivity contribution >= 4 is 11.6 Å². The lowest BCUT2D eigenvalue weighted by Gasteiger charge is -2.22. The van der Waals surface area contributed by atoms with Gasteiger partial charge in [-0.3, -0.25) is 4.79 Å². The zero-order valence-electron chi connectivity index (χ0n) is 11.0. The molecule has 2 rings (SSSR count). The fraction of sp³-hybridized carbons (Fsp3) is 0.500. The summed E-state index contributed by atoms with van der Waals surface area (Å²) in [6.07, 6.45) is 3.10.